The summed E-state index contributed by atoms with van der Waals surface area (Å²) < 4.78 is 81.4. The van der Waals surface area contributed by atoms with Crippen LogP contribution in [0.4, 0.5) is 22.0 Å². The molecule has 0 radical (unpaired) electrons. The Morgan fingerprint density at radius 3 is 2.58 bits per heavy atom. The minimum Gasteiger partial charge on any atom is -0.493 e. The van der Waals surface area contributed by atoms with Crippen LogP contribution in [0.5, 0.6) is 5.75 Å². The van der Waals surface area contributed by atoms with Gasteiger partial charge in [-0.2, -0.15) is 18.3 Å². The molecule has 0 saturated heterocycles. The number of fused-ring (bicyclic) bond motifs is 1. The van der Waals surface area contributed by atoms with Gasteiger partial charge in [0.05, 0.1) is 30.1 Å². The Morgan fingerprint density at radius 2 is 1.79 bits per heavy atom. The predicted octanol–water partition coefficient (Wildman–Crippen LogP) is 6.23. The van der Waals surface area contributed by atoms with Gasteiger partial charge in [-0.15, -0.1) is 0 Å². The van der Waals surface area contributed by atoms with E-state index in [4.69, 9.17) is 9.26 Å². The largest absolute Gasteiger partial charge is 0.493 e. The van der Waals surface area contributed by atoms with Crippen molar-refractivity contribution < 1.29 is 31.2 Å². The molecule has 1 aliphatic carbocycles. The highest BCUT2D eigenvalue weighted by molar-refractivity contribution is 5.66. The smallest absolute Gasteiger partial charge is 0.417 e. The Kier molecular flexibility index (Phi) is 5.81. The number of benzene rings is 2. The zero-order chi connectivity index (χ0) is 26.4. The summed E-state index contributed by atoms with van der Waals surface area (Å²) >= 11 is 0. The van der Waals surface area contributed by atoms with Gasteiger partial charge in [-0.1, -0.05) is 11.2 Å². The number of imidazole rings is 1. The summed E-state index contributed by atoms with van der Waals surface area (Å²) in [4.78, 5) is 8.45. The molecule has 38 heavy (non-hydrogen) atoms. The van der Waals surface area contributed by atoms with Gasteiger partial charge in [0, 0.05) is 11.6 Å². The molecule has 0 spiro atoms. The van der Waals surface area contributed by atoms with Crippen LogP contribution in [0, 0.1) is 17.6 Å². The summed E-state index contributed by atoms with van der Waals surface area (Å²) in [6.07, 6.45) is 0.332. The molecule has 1 aromatic heterocycles. The quantitative estimate of drug-likeness (QED) is 0.234. The number of hydrogen-bond donors (Lipinski definition) is 0. The third kappa shape index (κ3) is 4.81. The van der Waals surface area contributed by atoms with Crippen molar-refractivity contribution in [1.29, 1.82) is 0 Å². The molecule has 3 aliphatic rings. The molecule has 194 valence electrons. The minimum absolute atomic E-state index is 0.00254. The Labute approximate surface area is 212 Å². The first-order valence-corrected chi connectivity index (χ1v) is 11.7. The van der Waals surface area contributed by atoms with Gasteiger partial charge in [0.15, 0.2) is 23.2 Å². The van der Waals surface area contributed by atoms with Gasteiger partial charge in [0.25, 0.3) is 0 Å². The van der Waals surface area contributed by atoms with Crippen LogP contribution in [-0.4, -0.2) is 31.5 Å². The number of halogens is 5. The monoisotopic (exact) mass is 527 g/mol. The van der Waals surface area contributed by atoms with Crippen LogP contribution in [-0.2, 0) is 12.7 Å². The molecule has 3 aromatic rings. The lowest BCUT2D eigenvalue weighted by Gasteiger charge is -2.13. The van der Waals surface area contributed by atoms with E-state index < -0.39 is 23.4 Å². The third-order valence-electron chi connectivity index (χ3n) is 6.14. The molecule has 0 bridgehead atoms. The van der Waals surface area contributed by atoms with Crippen molar-refractivity contribution in [1.82, 2.24) is 24.9 Å². The molecule has 1 fully saturated rings. The molecule has 7 nitrogen and oxygen atoms in total. The van der Waals surface area contributed by atoms with Crippen molar-refractivity contribution in [2.24, 2.45) is 5.92 Å². The third-order valence-corrected chi connectivity index (χ3v) is 6.14. The number of alkyl halides is 3. The summed E-state index contributed by atoms with van der Waals surface area (Å²) in [7, 11) is 0. The van der Waals surface area contributed by atoms with Crippen LogP contribution < -0.4 is 4.74 Å². The van der Waals surface area contributed by atoms with Crippen molar-refractivity contribution in [2.45, 2.75) is 25.6 Å². The lowest BCUT2D eigenvalue weighted by atomic mass is 10.0. The molecule has 6 rings (SSSR count). The summed E-state index contributed by atoms with van der Waals surface area (Å²) in [5.74, 6) is -1.27. The molecular weight excluding hydrogens is 509 g/mol. The second kappa shape index (κ2) is 9.19. The van der Waals surface area contributed by atoms with E-state index in [2.05, 4.69) is 20.2 Å². The number of ether oxygens (including phenoxy) is 1. The summed E-state index contributed by atoms with van der Waals surface area (Å²) in [5, 5.41) is 8.03. The fourth-order valence-corrected chi connectivity index (χ4v) is 3.99. The molecule has 2 aromatic carbocycles. The standard InChI is InChI=1S/C26H18F5N5O2/c27-20-3-1-2-18(24(20)28)25-33-22-10-32-36(12-23(22)34-25)11-16-9-21(35-38-16)17-7-6-15(37-13-14-4-5-14)8-19(17)26(29,30)31/h1-3,6-10,12,14H,4-5,11,13H2. The molecule has 12 heteroatoms. The SMILES string of the molecule is Fc1cccc(-c2nc3cnn(Cc4cc(-c5ccc(OCC6CC6)cc5C(F)(F)F)no4)cc-3n2)c1F. The highest BCUT2D eigenvalue weighted by atomic mass is 19.4. The lowest BCUT2D eigenvalue weighted by Crippen LogP contribution is -2.08. The molecule has 0 atom stereocenters. The maximum absolute atomic E-state index is 14.1. The van der Waals surface area contributed by atoms with Crippen molar-refractivity contribution >= 4 is 0 Å². The molecule has 0 amide bonds. The highest BCUT2D eigenvalue weighted by Crippen LogP contribution is 2.39. The van der Waals surface area contributed by atoms with Crippen LogP contribution in [0.15, 0.2) is 59.4 Å². The molecule has 1 saturated carbocycles. The molecule has 2 aliphatic heterocycles. The maximum atomic E-state index is 14.1. The van der Waals surface area contributed by atoms with E-state index in [1.807, 2.05) is 0 Å². The summed E-state index contributed by atoms with van der Waals surface area (Å²) in [6, 6.07) is 8.90. The van der Waals surface area contributed by atoms with Crippen LogP contribution >= 0.6 is 0 Å². The second-order valence-electron chi connectivity index (χ2n) is 9.03. The van der Waals surface area contributed by atoms with Crippen LogP contribution in [0.25, 0.3) is 34.0 Å². The number of hydrogen-bond acceptors (Lipinski definition) is 6. The average Bonchev–Trinajstić information content (AvgIpc) is 3.44. The molecule has 0 N–H and O–H groups in total. The van der Waals surface area contributed by atoms with E-state index in [0.717, 1.165) is 25.0 Å². The van der Waals surface area contributed by atoms with E-state index in [1.54, 1.807) is 0 Å². The first-order chi connectivity index (χ1) is 18.2. The number of aromatic nitrogens is 5. The van der Waals surface area contributed by atoms with Crippen molar-refractivity contribution in [3.63, 3.8) is 0 Å². The van der Waals surface area contributed by atoms with Crippen LogP contribution in [0.3, 0.4) is 0 Å². The zero-order valence-electron chi connectivity index (χ0n) is 19.5. The van der Waals surface area contributed by atoms with Crippen LogP contribution in [0.2, 0.25) is 0 Å². The van der Waals surface area contributed by atoms with E-state index in [0.29, 0.717) is 23.9 Å². The summed E-state index contributed by atoms with van der Waals surface area (Å²) in [5.41, 5.74) is -0.362. The topological polar surface area (TPSA) is 78.9 Å². The van der Waals surface area contributed by atoms with Gasteiger partial charge in [-0.25, -0.2) is 18.7 Å². The Hall–Kier alpha value is -4.35. The Morgan fingerprint density at radius 1 is 0.974 bits per heavy atom. The highest BCUT2D eigenvalue weighted by Gasteiger charge is 2.35. The zero-order valence-corrected chi connectivity index (χ0v) is 19.5. The van der Waals surface area contributed by atoms with Crippen LogP contribution in [0.1, 0.15) is 24.2 Å². The fraction of sp³-hybridized carbons (Fsp3) is 0.231. The normalized spacial score (nSPS) is 13.8. The first-order valence-electron chi connectivity index (χ1n) is 11.7. The van der Waals surface area contributed by atoms with Crippen molar-refractivity contribution in [2.75, 3.05) is 6.61 Å². The van der Waals surface area contributed by atoms with Gasteiger partial charge in [0.1, 0.15) is 29.4 Å². The maximum Gasteiger partial charge on any atom is 0.417 e. The Balaban J connectivity index is 1.24. The van der Waals surface area contributed by atoms with E-state index in [9.17, 15) is 22.0 Å². The predicted molar refractivity (Wildman–Crippen MR) is 124 cm³/mol. The van der Waals surface area contributed by atoms with Gasteiger partial charge < -0.3 is 9.26 Å². The van der Waals surface area contributed by atoms with Gasteiger partial charge in [-0.05, 0) is 49.1 Å². The second-order valence-corrected chi connectivity index (χ2v) is 9.03. The van der Waals surface area contributed by atoms with Crippen molar-refractivity contribution in [3.05, 3.63) is 77.8 Å². The first kappa shape index (κ1) is 24.0. The lowest BCUT2D eigenvalue weighted by molar-refractivity contribution is -0.137. The number of rotatable bonds is 7. The van der Waals surface area contributed by atoms with Gasteiger partial charge >= 0.3 is 6.18 Å². The van der Waals surface area contributed by atoms with Gasteiger partial charge in [-0.3, -0.25) is 4.68 Å². The molecule has 3 heterocycles. The molecule has 0 unspecified atom stereocenters. The fourth-order valence-electron chi connectivity index (χ4n) is 3.99. The van der Waals surface area contributed by atoms with E-state index in [1.165, 1.54) is 47.4 Å². The number of nitrogens with zero attached hydrogens (tertiary/aromatic N) is 5. The van der Waals surface area contributed by atoms with E-state index >= 15 is 0 Å². The van der Waals surface area contributed by atoms with E-state index in [-0.39, 0.29) is 40.7 Å². The van der Waals surface area contributed by atoms with Crippen molar-refractivity contribution in [3.8, 4) is 39.8 Å². The summed E-state index contributed by atoms with van der Waals surface area (Å²) in [6.45, 7) is 0.426. The Bertz CT molecular complexity index is 1590. The minimum atomic E-state index is -4.62. The molecular formula is C26H18F5N5O2. The average molecular weight is 527 g/mol. The van der Waals surface area contributed by atoms with Gasteiger partial charge in [0.2, 0.25) is 0 Å².